The largest absolute Gasteiger partial charge is 0.396 e. The van der Waals surface area contributed by atoms with Gasteiger partial charge in [0, 0.05) is 25.6 Å². The molecular weight excluding hydrogens is 178 g/mol. The molecule has 0 saturated heterocycles. The molecule has 3 nitrogen and oxygen atoms in total. The Kier molecular flexibility index (Phi) is 7.11. The average molecular weight is 199 g/mol. The SMILES string of the molecule is C=CCN(C(=O)CCCCO)C(C)C. The summed E-state index contributed by atoms with van der Waals surface area (Å²) in [5.74, 6) is 0.147. The summed E-state index contributed by atoms with van der Waals surface area (Å²) in [4.78, 5) is 13.4. The Balaban J connectivity index is 3.95. The van der Waals surface area contributed by atoms with Crippen molar-refractivity contribution in [3.8, 4) is 0 Å². The molecule has 0 rings (SSSR count). The smallest absolute Gasteiger partial charge is 0.223 e. The van der Waals surface area contributed by atoms with Crippen LogP contribution in [0.2, 0.25) is 0 Å². The molecule has 0 aromatic rings. The maximum Gasteiger partial charge on any atom is 0.223 e. The lowest BCUT2D eigenvalue weighted by molar-refractivity contribution is -0.132. The molecule has 0 aliphatic carbocycles. The minimum absolute atomic E-state index is 0.147. The van der Waals surface area contributed by atoms with Crippen molar-refractivity contribution in [2.45, 2.75) is 39.2 Å². The van der Waals surface area contributed by atoms with Gasteiger partial charge in [0.2, 0.25) is 5.91 Å². The van der Waals surface area contributed by atoms with Gasteiger partial charge in [-0.1, -0.05) is 6.08 Å². The van der Waals surface area contributed by atoms with Crippen molar-refractivity contribution < 1.29 is 9.90 Å². The summed E-state index contributed by atoms with van der Waals surface area (Å²) in [6, 6.07) is 0.217. The standard InChI is InChI=1S/C11H21NO2/c1-4-8-12(10(2)3)11(14)7-5-6-9-13/h4,10,13H,1,5-9H2,2-3H3. The molecular formula is C11H21NO2. The maximum atomic E-state index is 11.6. The lowest BCUT2D eigenvalue weighted by Gasteiger charge is -2.25. The number of nitrogens with zero attached hydrogens (tertiary/aromatic N) is 1. The van der Waals surface area contributed by atoms with Crippen molar-refractivity contribution in [3.63, 3.8) is 0 Å². The lowest BCUT2D eigenvalue weighted by Crippen LogP contribution is -2.36. The molecule has 1 N–H and O–H groups in total. The minimum atomic E-state index is 0.147. The third kappa shape index (κ3) is 5.02. The van der Waals surface area contributed by atoms with Crippen LogP contribution in [0.1, 0.15) is 33.1 Å². The number of rotatable bonds is 7. The molecule has 0 aliphatic rings. The van der Waals surface area contributed by atoms with Gasteiger partial charge in [0.1, 0.15) is 0 Å². The van der Waals surface area contributed by atoms with Gasteiger partial charge in [-0.2, -0.15) is 0 Å². The maximum absolute atomic E-state index is 11.6. The summed E-state index contributed by atoms with van der Waals surface area (Å²) in [5.41, 5.74) is 0. The number of amides is 1. The zero-order chi connectivity index (χ0) is 11.0. The number of hydrogen-bond acceptors (Lipinski definition) is 2. The fourth-order valence-corrected chi connectivity index (χ4v) is 1.27. The number of aliphatic hydroxyl groups is 1. The van der Waals surface area contributed by atoms with E-state index in [9.17, 15) is 4.79 Å². The number of carbonyl (C=O) groups excluding carboxylic acids is 1. The van der Waals surface area contributed by atoms with E-state index in [-0.39, 0.29) is 18.6 Å². The Labute approximate surface area is 86.4 Å². The second-order valence-electron chi connectivity index (χ2n) is 3.61. The normalized spacial score (nSPS) is 10.3. The van der Waals surface area contributed by atoms with E-state index in [0.717, 1.165) is 6.42 Å². The predicted octanol–water partition coefficient (Wildman–Crippen LogP) is 1.57. The molecule has 1 amide bonds. The summed E-state index contributed by atoms with van der Waals surface area (Å²) in [6.07, 6.45) is 3.72. The van der Waals surface area contributed by atoms with Gasteiger partial charge in [-0.3, -0.25) is 4.79 Å². The topological polar surface area (TPSA) is 40.5 Å². The van der Waals surface area contributed by atoms with E-state index < -0.39 is 0 Å². The first-order valence-corrected chi connectivity index (χ1v) is 5.14. The first-order valence-electron chi connectivity index (χ1n) is 5.14. The van der Waals surface area contributed by atoms with E-state index in [1.54, 1.807) is 11.0 Å². The van der Waals surface area contributed by atoms with Crippen LogP contribution in [0.25, 0.3) is 0 Å². The first-order chi connectivity index (χ1) is 6.63. The zero-order valence-corrected chi connectivity index (χ0v) is 9.20. The molecule has 0 aliphatic heterocycles. The molecule has 0 unspecified atom stereocenters. The molecule has 82 valence electrons. The van der Waals surface area contributed by atoms with Crippen LogP contribution in [-0.2, 0) is 4.79 Å². The highest BCUT2D eigenvalue weighted by Gasteiger charge is 2.14. The third-order valence-electron chi connectivity index (χ3n) is 2.07. The van der Waals surface area contributed by atoms with E-state index in [1.807, 2.05) is 13.8 Å². The molecule has 14 heavy (non-hydrogen) atoms. The first kappa shape index (κ1) is 13.2. The van der Waals surface area contributed by atoms with Crippen LogP contribution in [-0.4, -0.2) is 35.1 Å². The highest BCUT2D eigenvalue weighted by molar-refractivity contribution is 5.76. The number of unbranched alkanes of at least 4 members (excludes halogenated alkanes) is 1. The summed E-state index contributed by atoms with van der Waals surface area (Å²) < 4.78 is 0. The highest BCUT2D eigenvalue weighted by Crippen LogP contribution is 2.05. The molecule has 0 heterocycles. The van der Waals surface area contributed by atoms with E-state index in [1.165, 1.54) is 0 Å². The number of carbonyl (C=O) groups is 1. The van der Waals surface area contributed by atoms with E-state index in [2.05, 4.69) is 6.58 Å². The summed E-state index contributed by atoms with van der Waals surface area (Å²) in [7, 11) is 0. The van der Waals surface area contributed by atoms with Crippen LogP contribution < -0.4 is 0 Å². The molecule has 0 bridgehead atoms. The highest BCUT2D eigenvalue weighted by atomic mass is 16.3. The molecule has 0 saturated carbocycles. The fraction of sp³-hybridized carbons (Fsp3) is 0.727. The molecule has 0 aromatic heterocycles. The molecule has 0 atom stereocenters. The van der Waals surface area contributed by atoms with Gasteiger partial charge >= 0.3 is 0 Å². The van der Waals surface area contributed by atoms with Crippen molar-refractivity contribution in [2.24, 2.45) is 0 Å². The molecule has 3 heteroatoms. The Morgan fingerprint density at radius 1 is 1.50 bits per heavy atom. The van der Waals surface area contributed by atoms with Gasteiger partial charge in [-0.05, 0) is 26.7 Å². The van der Waals surface area contributed by atoms with Gasteiger partial charge in [0.05, 0.1) is 0 Å². The van der Waals surface area contributed by atoms with Crippen LogP contribution in [0, 0.1) is 0 Å². The van der Waals surface area contributed by atoms with Crippen LogP contribution in [0.15, 0.2) is 12.7 Å². The molecule has 0 radical (unpaired) electrons. The average Bonchev–Trinajstić information content (AvgIpc) is 2.13. The van der Waals surface area contributed by atoms with Crippen molar-refractivity contribution in [1.82, 2.24) is 4.90 Å². The minimum Gasteiger partial charge on any atom is -0.396 e. The van der Waals surface area contributed by atoms with Gasteiger partial charge in [-0.15, -0.1) is 6.58 Å². The van der Waals surface area contributed by atoms with E-state index >= 15 is 0 Å². The van der Waals surface area contributed by atoms with E-state index in [4.69, 9.17) is 5.11 Å². The Hall–Kier alpha value is -0.830. The number of hydrogen-bond donors (Lipinski definition) is 1. The van der Waals surface area contributed by atoms with Gasteiger partial charge in [-0.25, -0.2) is 0 Å². The van der Waals surface area contributed by atoms with Crippen molar-refractivity contribution in [2.75, 3.05) is 13.2 Å². The van der Waals surface area contributed by atoms with Crippen LogP contribution in [0.4, 0.5) is 0 Å². The molecule has 0 aromatic carbocycles. The summed E-state index contributed by atoms with van der Waals surface area (Å²) in [6.45, 7) is 8.38. The Morgan fingerprint density at radius 2 is 2.14 bits per heavy atom. The number of aliphatic hydroxyl groups excluding tert-OH is 1. The molecule has 0 spiro atoms. The monoisotopic (exact) mass is 199 g/mol. The van der Waals surface area contributed by atoms with E-state index in [0.29, 0.717) is 19.4 Å². The third-order valence-corrected chi connectivity index (χ3v) is 2.07. The lowest BCUT2D eigenvalue weighted by atomic mass is 10.2. The van der Waals surface area contributed by atoms with Crippen molar-refractivity contribution in [3.05, 3.63) is 12.7 Å². The van der Waals surface area contributed by atoms with Gasteiger partial charge < -0.3 is 10.0 Å². The predicted molar refractivity (Wildman–Crippen MR) is 58.0 cm³/mol. The Bertz CT molecular complexity index is 178. The quantitative estimate of drug-likeness (QED) is 0.499. The second-order valence-corrected chi connectivity index (χ2v) is 3.61. The summed E-state index contributed by atoms with van der Waals surface area (Å²) >= 11 is 0. The van der Waals surface area contributed by atoms with Crippen LogP contribution in [0.3, 0.4) is 0 Å². The molecule has 0 fully saturated rings. The fourth-order valence-electron chi connectivity index (χ4n) is 1.27. The van der Waals surface area contributed by atoms with Gasteiger partial charge in [0.25, 0.3) is 0 Å². The van der Waals surface area contributed by atoms with Crippen LogP contribution in [0.5, 0.6) is 0 Å². The second kappa shape index (κ2) is 7.56. The Morgan fingerprint density at radius 3 is 2.57 bits per heavy atom. The van der Waals surface area contributed by atoms with Crippen molar-refractivity contribution >= 4 is 5.91 Å². The van der Waals surface area contributed by atoms with Gasteiger partial charge in [0.15, 0.2) is 0 Å². The van der Waals surface area contributed by atoms with Crippen LogP contribution >= 0.6 is 0 Å². The zero-order valence-electron chi connectivity index (χ0n) is 9.20. The summed E-state index contributed by atoms with van der Waals surface area (Å²) in [5, 5.41) is 8.59. The van der Waals surface area contributed by atoms with Crippen molar-refractivity contribution in [1.29, 1.82) is 0 Å².